The maximum Gasteiger partial charge on any atom is 0.203 e. The van der Waals surface area contributed by atoms with E-state index in [0.29, 0.717) is 45.4 Å². The van der Waals surface area contributed by atoms with E-state index in [0.717, 1.165) is 16.8 Å². The van der Waals surface area contributed by atoms with Crippen LogP contribution in [-0.4, -0.2) is 41.5 Å². The molecule has 4 rings (SSSR count). The van der Waals surface area contributed by atoms with E-state index in [1.807, 2.05) is 43.3 Å². The molecule has 0 aliphatic rings. The summed E-state index contributed by atoms with van der Waals surface area (Å²) in [6.45, 7) is 1.93. The molecule has 9 heteroatoms. The molecule has 2 aromatic heterocycles. The topological polar surface area (TPSA) is 94.2 Å². The van der Waals surface area contributed by atoms with Crippen LogP contribution in [0.1, 0.15) is 5.69 Å². The number of aromatic amines is 1. The van der Waals surface area contributed by atoms with Gasteiger partial charge in [0.15, 0.2) is 23.1 Å². The Morgan fingerprint density at radius 1 is 0.812 bits per heavy atom. The molecule has 0 atom stereocenters. The third kappa shape index (κ3) is 4.45. The van der Waals surface area contributed by atoms with Crippen molar-refractivity contribution in [2.75, 3.05) is 26.6 Å². The molecular formula is C23H22ClN5O3. The Bertz CT molecular complexity index is 1220. The molecule has 32 heavy (non-hydrogen) atoms. The van der Waals surface area contributed by atoms with Gasteiger partial charge in [-0.25, -0.2) is 9.97 Å². The lowest BCUT2D eigenvalue weighted by atomic mass is 10.1. The fourth-order valence-electron chi connectivity index (χ4n) is 3.23. The quantitative estimate of drug-likeness (QED) is 0.395. The molecule has 0 amide bonds. The number of halogens is 1. The number of rotatable bonds is 7. The van der Waals surface area contributed by atoms with E-state index in [1.54, 1.807) is 33.5 Å². The SMILES string of the molecule is COc1cc(-c2cc(Nc3cc(C)[nH]n3)nc(-c3ccc(Cl)cc3)n2)cc(OC)c1OC. The van der Waals surface area contributed by atoms with E-state index in [4.69, 9.17) is 30.8 Å². The molecule has 0 bridgehead atoms. The minimum absolute atomic E-state index is 0.510. The summed E-state index contributed by atoms with van der Waals surface area (Å²) in [5.41, 5.74) is 3.20. The molecular weight excluding hydrogens is 430 g/mol. The Morgan fingerprint density at radius 3 is 2.06 bits per heavy atom. The molecule has 0 saturated heterocycles. The summed E-state index contributed by atoms with van der Waals surface area (Å²) in [7, 11) is 4.72. The summed E-state index contributed by atoms with van der Waals surface area (Å²) in [4.78, 5) is 9.46. The van der Waals surface area contributed by atoms with Gasteiger partial charge in [-0.15, -0.1) is 0 Å². The third-order valence-electron chi connectivity index (χ3n) is 4.75. The van der Waals surface area contributed by atoms with E-state index in [1.165, 1.54) is 0 Å². The number of nitrogens with zero attached hydrogens (tertiary/aromatic N) is 3. The van der Waals surface area contributed by atoms with Crippen LogP contribution in [0.25, 0.3) is 22.6 Å². The second-order valence-corrected chi connectivity index (χ2v) is 7.38. The van der Waals surface area contributed by atoms with Crippen molar-refractivity contribution in [2.24, 2.45) is 0 Å². The number of ether oxygens (including phenoxy) is 3. The van der Waals surface area contributed by atoms with Gasteiger partial charge >= 0.3 is 0 Å². The summed E-state index contributed by atoms with van der Waals surface area (Å²) >= 11 is 6.06. The van der Waals surface area contributed by atoms with Crippen LogP contribution >= 0.6 is 11.6 Å². The number of anilines is 2. The summed E-state index contributed by atoms with van der Waals surface area (Å²) < 4.78 is 16.4. The highest BCUT2D eigenvalue weighted by Gasteiger charge is 2.17. The number of benzene rings is 2. The van der Waals surface area contributed by atoms with Crippen LogP contribution in [0, 0.1) is 6.92 Å². The zero-order chi connectivity index (χ0) is 22.7. The van der Waals surface area contributed by atoms with Crippen LogP contribution in [0.4, 0.5) is 11.6 Å². The van der Waals surface area contributed by atoms with Gasteiger partial charge in [-0.1, -0.05) is 11.6 Å². The van der Waals surface area contributed by atoms with E-state index in [-0.39, 0.29) is 0 Å². The predicted molar refractivity (Wildman–Crippen MR) is 124 cm³/mol. The maximum atomic E-state index is 6.06. The molecule has 2 aromatic carbocycles. The van der Waals surface area contributed by atoms with Crippen LogP contribution in [-0.2, 0) is 0 Å². The summed E-state index contributed by atoms with van der Waals surface area (Å²) in [5, 5.41) is 11.0. The first-order valence-corrected chi connectivity index (χ1v) is 10.1. The van der Waals surface area contributed by atoms with E-state index < -0.39 is 0 Å². The smallest absolute Gasteiger partial charge is 0.203 e. The minimum Gasteiger partial charge on any atom is -0.493 e. The van der Waals surface area contributed by atoms with E-state index >= 15 is 0 Å². The van der Waals surface area contributed by atoms with Crippen molar-refractivity contribution < 1.29 is 14.2 Å². The van der Waals surface area contributed by atoms with Crippen LogP contribution in [0.3, 0.4) is 0 Å². The summed E-state index contributed by atoms with van der Waals surface area (Å²) in [6.07, 6.45) is 0. The molecule has 4 aromatic rings. The first-order chi connectivity index (χ1) is 15.5. The van der Waals surface area contributed by atoms with Crippen LogP contribution in [0.2, 0.25) is 5.02 Å². The van der Waals surface area contributed by atoms with Gasteiger partial charge in [0, 0.05) is 34.0 Å². The van der Waals surface area contributed by atoms with Crippen molar-refractivity contribution >= 4 is 23.2 Å². The predicted octanol–water partition coefficient (Wildman–Crippen LogP) is 5.26. The molecule has 0 spiro atoms. The van der Waals surface area contributed by atoms with Gasteiger partial charge in [0.1, 0.15) is 5.82 Å². The lowest BCUT2D eigenvalue weighted by molar-refractivity contribution is 0.324. The number of aryl methyl sites for hydroxylation is 1. The molecule has 2 heterocycles. The molecule has 0 aliphatic carbocycles. The molecule has 2 N–H and O–H groups in total. The first kappa shape index (κ1) is 21.5. The van der Waals surface area contributed by atoms with E-state index in [9.17, 15) is 0 Å². The summed E-state index contributed by atoms with van der Waals surface area (Å²) in [6, 6.07) is 14.8. The summed E-state index contributed by atoms with van der Waals surface area (Å²) in [5.74, 6) is 3.34. The van der Waals surface area contributed by atoms with Crippen LogP contribution in [0.15, 0.2) is 48.5 Å². The van der Waals surface area contributed by atoms with Gasteiger partial charge in [-0.3, -0.25) is 5.10 Å². The largest absolute Gasteiger partial charge is 0.493 e. The van der Waals surface area contributed by atoms with Crippen LogP contribution < -0.4 is 19.5 Å². The van der Waals surface area contributed by atoms with Gasteiger partial charge in [-0.05, 0) is 43.3 Å². The third-order valence-corrected chi connectivity index (χ3v) is 5.00. The van der Waals surface area contributed by atoms with Gasteiger partial charge in [0.2, 0.25) is 5.75 Å². The molecule has 0 fully saturated rings. The fourth-order valence-corrected chi connectivity index (χ4v) is 3.36. The van der Waals surface area contributed by atoms with Gasteiger partial charge in [-0.2, -0.15) is 5.10 Å². The molecule has 0 saturated carbocycles. The first-order valence-electron chi connectivity index (χ1n) is 9.75. The Balaban J connectivity index is 1.86. The monoisotopic (exact) mass is 451 g/mol. The van der Waals surface area contributed by atoms with Crippen LogP contribution in [0.5, 0.6) is 17.2 Å². The number of hydrogen-bond acceptors (Lipinski definition) is 7. The molecule has 164 valence electrons. The zero-order valence-electron chi connectivity index (χ0n) is 18.1. The lowest BCUT2D eigenvalue weighted by Crippen LogP contribution is -2.01. The lowest BCUT2D eigenvalue weighted by Gasteiger charge is -2.15. The molecule has 0 radical (unpaired) electrons. The minimum atomic E-state index is 0.510. The number of hydrogen-bond donors (Lipinski definition) is 2. The highest BCUT2D eigenvalue weighted by Crippen LogP contribution is 2.41. The normalized spacial score (nSPS) is 10.7. The van der Waals surface area contributed by atoms with Crippen molar-refractivity contribution in [3.63, 3.8) is 0 Å². The molecule has 8 nitrogen and oxygen atoms in total. The number of methoxy groups -OCH3 is 3. The second kappa shape index (κ2) is 9.15. The van der Waals surface area contributed by atoms with Gasteiger partial charge < -0.3 is 19.5 Å². The highest BCUT2D eigenvalue weighted by atomic mass is 35.5. The van der Waals surface area contributed by atoms with E-state index in [2.05, 4.69) is 20.5 Å². The Labute approximate surface area is 190 Å². The van der Waals surface area contributed by atoms with Gasteiger partial charge in [0.25, 0.3) is 0 Å². The molecule has 0 aliphatic heterocycles. The standard InChI is InChI=1S/C23H22ClN5O3/c1-13-9-21(29-28-13)26-20-12-17(25-23(27-20)14-5-7-16(24)8-6-14)15-10-18(30-2)22(32-4)19(11-15)31-3/h5-12H,1-4H3,(H2,25,26,27,28,29). The fraction of sp³-hybridized carbons (Fsp3) is 0.174. The zero-order valence-corrected chi connectivity index (χ0v) is 18.8. The highest BCUT2D eigenvalue weighted by molar-refractivity contribution is 6.30. The second-order valence-electron chi connectivity index (χ2n) is 6.94. The van der Waals surface area contributed by atoms with Crippen molar-refractivity contribution in [3.05, 3.63) is 59.2 Å². The average molecular weight is 452 g/mol. The number of aromatic nitrogens is 4. The van der Waals surface area contributed by atoms with Crippen molar-refractivity contribution in [1.82, 2.24) is 20.2 Å². The number of H-pyrrole nitrogens is 1. The Hall–Kier alpha value is -3.78. The van der Waals surface area contributed by atoms with Crippen molar-refractivity contribution in [2.45, 2.75) is 6.92 Å². The molecule has 0 unspecified atom stereocenters. The Morgan fingerprint density at radius 2 is 1.50 bits per heavy atom. The van der Waals surface area contributed by atoms with Gasteiger partial charge in [0.05, 0.1) is 27.0 Å². The van der Waals surface area contributed by atoms with Crippen molar-refractivity contribution in [1.29, 1.82) is 0 Å². The number of nitrogens with one attached hydrogen (secondary N) is 2. The maximum absolute atomic E-state index is 6.06. The Kier molecular flexibility index (Phi) is 6.13. The average Bonchev–Trinajstić information content (AvgIpc) is 3.22. The van der Waals surface area contributed by atoms with Crippen molar-refractivity contribution in [3.8, 4) is 39.9 Å².